The maximum atomic E-state index is 13.0. The van der Waals surface area contributed by atoms with Gasteiger partial charge < -0.3 is 9.64 Å². The summed E-state index contributed by atoms with van der Waals surface area (Å²) in [5.74, 6) is -0.716. The number of carbonyl (C=O) groups is 1. The van der Waals surface area contributed by atoms with E-state index in [9.17, 15) is 23.2 Å². The summed E-state index contributed by atoms with van der Waals surface area (Å²) in [6.45, 7) is 0. The second kappa shape index (κ2) is 8.14. The summed E-state index contributed by atoms with van der Waals surface area (Å²) in [6.07, 6.45) is -3.29. The molecule has 0 saturated heterocycles. The minimum atomic E-state index is -4.64. The molecule has 140 valence electrons. The van der Waals surface area contributed by atoms with Crippen molar-refractivity contribution in [3.8, 4) is 17.6 Å². The molecule has 2 rings (SSSR count). The molecule has 0 unspecified atom stereocenters. The number of rotatable bonds is 5. The van der Waals surface area contributed by atoms with Gasteiger partial charge in [-0.3, -0.25) is 4.79 Å². The van der Waals surface area contributed by atoms with Crippen LogP contribution in [0.3, 0.4) is 0 Å². The van der Waals surface area contributed by atoms with Crippen molar-refractivity contribution in [2.45, 2.75) is 6.18 Å². The quantitative estimate of drug-likeness (QED) is 0.392. The third-order valence-electron chi connectivity index (χ3n) is 3.36. The van der Waals surface area contributed by atoms with E-state index in [1.54, 1.807) is 26.2 Å². The lowest BCUT2D eigenvalue weighted by molar-refractivity contribution is -0.137. The predicted molar refractivity (Wildman–Crippen MR) is 94.7 cm³/mol. The van der Waals surface area contributed by atoms with Gasteiger partial charge in [0, 0.05) is 20.3 Å². The van der Waals surface area contributed by atoms with Crippen LogP contribution in [0, 0.1) is 11.3 Å². The summed E-state index contributed by atoms with van der Waals surface area (Å²) in [5.41, 5.74) is -1.13. The molecule has 2 aromatic rings. The minimum Gasteiger partial charge on any atom is -0.457 e. The summed E-state index contributed by atoms with van der Waals surface area (Å²) < 4.78 is 44.5. The molecule has 0 aromatic heterocycles. The topological polar surface area (TPSA) is 53.3 Å². The fourth-order valence-corrected chi connectivity index (χ4v) is 2.42. The zero-order chi connectivity index (χ0) is 20.2. The molecule has 0 amide bonds. The van der Waals surface area contributed by atoms with Crippen LogP contribution in [0.2, 0.25) is 5.02 Å². The van der Waals surface area contributed by atoms with Crippen molar-refractivity contribution in [3.05, 3.63) is 70.4 Å². The average Bonchev–Trinajstić information content (AvgIpc) is 2.60. The molecule has 0 heterocycles. The molecule has 4 nitrogen and oxygen atoms in total. The third kappa shape index (κ3) is 5.02. The van der Waals surface area contributed by atoms with Crippen LogP contribution in [0.25, 0.3) is 0 Å². The Bertz CT molecular complexity index is 931. The van der Waals surface area contributed by atoms with E-state index in [2.05, 4.69) is 0 Å². The third-order valence-corrected chi connectivity index (χ3v) is 3.68. The zero-order valence-corrected chi connectivity index (χ0v) is 15.1. The van der Waals surface area contributed by atoms with Gasteiger partial charge in [0.15, 0.2) is 0 Å². The molecule has 0 radical (unpaired) electrons. The number of hydrogen-bond donors (Lipinski definition) is 0. The molecule has 8 heteroatoms. The van der Waals surface area contributed by atoms with Crippen LogP contribution in [0.5, 0.6) is 11.5 Å². The van der Waals surface area contributed by atoms with Crippen molar-refractivity contribution in [2.75, 3.05) is 14.1 Å². The molecule has 2 aromatic carbocycles. The van der Waals surface area contributed by atoms with Gasteiger partial charge in [-0.15, -0.1) is 0 Å². The van der Waals surface area contributed by atoms with Crippen LogP contribution in [0.1, 0.15) is 15.9 Å². The number of para-hydroxylation sites is 1. The minimum absolute atomic E-state index is 0.0258. The first-order valence-electron chi connectivity index (χ1n) is 7.60. The number of ketones is 1. The van der Waals surface area contributed by atoms with Crippen molar-refractivity contribution in [2.24, 2.45) is 0 Å². The van der Waals surface area contributed by atoms with Crippen molar-refractivity contribution < 1.29 is 22.7 Å². The Balaban J connectivity index is 2.43. The van der Waals surface area contributed by atoms with Gasteiger partial charge in [-0.25, -0.2) is 0 Å². The maximum absolute atomic E-state index is 13.0. The number of nitrogens with zero attached hydrogens (tertiary/aromatic N) is 2. The number of alkyl halides is 3. The van der Waals surface area contributed by atoms with Crippen LogP contribution in [-0.4, -0.2) is 24.8 Å². The molecule has 0 aliphatic rings. The van der Waals surface area contributed by atoms with E-state index in [0.717, 1.165) is 12.1 Å². The van der Waals surface area contributed by atoms with Crippen LogP contribution in [0.4, 0.5) is 13.2 Å². The molecular weight excluding hydrogens is 381 g/mol. The van der Waals surface area contributed by atoms with Gasteiger partial charge in [0.1, 0.15) is 23.1 Å². The normalized spacial score (nSPS) is 11.7. The molecule has 0 aliphatic heterocycles. The van der Waals surface area contributed by atoms with E-state index in [1.807, 2.05) is 6.07 Å². The summed E-state index contributed by atoms with van der Waals surface area (Å²) in [6, 6.07) is 10.9. The molecule has 0 N–H and O–H groups in total. The van der Waals surface area contributed by atoms with Crippen molar-refractivity contribution in [3.63, 3.8) is 0 Å². The fourth-order valence-electron chi connectivity index (χ4n) is 2.20. The fraction of sp³-hybridized carbons (Fsp3) is 0.158. The molecular formula is C19H14ClF3N2O2. The number of ether oxygens (including phenoxy) is 1. The van der Waals surface area contributed by atoms with Gasteiger partial charge >= 0.3 is 6.18 Å². The lowest BCUT2D eigenvalue weighted by Gasteiger charge is -2.14. The smallest absolute Gasteiger partial charge is 0.417 e. The standard InChI is InChI=1S/C19H14ClF3N2O2/c1-25(2)11-12(10-24)18(26)14-5-3-4-6-17(14)27-13-7-8-16(20)15(9-13)19(21,22)23/h3-9,11H,1-2H3/b12-11+. The molecule has 0 aliphatic carbocycles. The highest BCUT2D eigenvalue weighted by Crippen LogP contribution is 2.38. The molecule has 0 fully saturated rings. The Hall–Kier alpha value is -2.98. The molecule has 0 bridgehead atoms. The number of benzene rings is 2. The maximum Gasteiger partial charge on any atom is 0.417 e. The highest BCUT2D eigenvalue weighted by molar-refractivity contribution is 6.31. The van der Waals surface area contributed by atoms with Crippen molar-refractivity contribution in [1.82, 2.24) is 4.90 Å². The van der Waals surface area contributed by atoms with Gasteiger partial charge in [-0.05, 0) is 30.3 Å². The van der Waals surface area contributed by atoms with E-state index in [0.29, 0.717) is 0 Å². The number of allylic oxidation sites excluding steroid dienone is 1. The lowest BCUT2D eigenvalue weighted by atomic mass is 10.0. The van der Waals surface area contributed by atoms with Gasteiger partial charge in [0.05, 0.1) is 16.1 Å². The molecule has 0 atom stereocenters. The first kappa shape index (κ1) is 20.3. The second-order valence-electron chi connectivity index (χ2n) is 5.68. The van der Waals surface area contributed by atoms with E-state index >= 15 is 0 Å². The number of nitriles is 1. The summed E-state index contributed by atoms with van der Waals surface area (Å²) in [5, 5.41) is 8.74. The zero-order valence-electron chi connectivity index (χ0n) is 14.3. The molecule has 27 heavy (non-hydrogen) atoms. The largest absolute Gasteiger partial charge is 0.457 e. The number of halogens is 4. The Morgan fingerprint density at radius 2 is 1.89 bits per heavy atom. The molecule has 0 saturated carbocycles. The second-order valence-corrected chi connectivity index (χ2v) is 6.09. The summed E-state index contributed by atoms with van der Waals surface area (Å²) in [4.78, 5) is 14.1. The van der Waals surface area contributed by atoms with E-state index < -0.39 is 22.5 Å². The van der Waals surface area contributed by atoms with Crippen molar-refractivity contribution >= 4 is 17.4 Å². The Morgan fingerprint density at radius 3 is 2.48 bits per heavy atom. The lowest BCUT2D eigenvalue weighted by Crippen LogP contribution is -2.10. The van der Waals surface area contributed by atoms with Crippen molar-refractivity contribution in [1.29, 1.82) is 5.26 Å². The van der Waals surface area contributed by atoms with Gasteiger partial charge in [0.25, 0.3) is 0 Å². The molecule has 0 spiro atoms. The van der Waals surface area contributed by atoms with E-state index in [4.69, 9.17) is 16.3 Å². The van der Waals surface area contributed by atoms with Gasteiger partial charge in [0.2, 0.25) is 5.78 Å². The van der Waals surface area contributed by atoms with Gasteiger partial charge in [-0.2, -0.15) is 18.4 Å². The SMILES string of the molecule is CN(C)/C=C(\C#N)C(=O)c1ccccc1Oc1ccc(Cl)c(C(F)(F)F)c1. The van der Waals surface area contributed by atoms with Crippen LogP contribution in [0.15, 0.2) is 54.2 Å². The summed E-state index contributed by atoms with van der Waals surface area (Å²) >= 11 is 5.60. The Labute approximate surface area is 159 Å². The Kier molecular flexibility index (Phi) is 6.13. The summed E-state index contributed by atoms with van der Waals surface area (Å²) in [7, 11) is 3.30. The number of hydrogen-bond acceptors (Lipinski definition) is 4. The van der Waals surface area contributed by atoms with Crippen LogP contribution >= 0.6 is 11.6 Å². The van der Waals surface area contributed by atoms with Gasteiger partial charge in [-0.1, -0.05) is 23.7 Å². The highest BCUT2D eigenvalue weighted by Gasteiger charge is 2.33. The predicted octanol–water partition coefficient (Wildman–Crippen LogP) is 5.30. The van der Waals surface area contributed by atoms with Crippen LogP contribution in [-0.2, 0) is 6.18 Å². The number of carbonyl (C=O) groups excluding carboxylic acids is 1. The monoisotopic (exact) mass is 394 g/mol. The Morgan fingerprint density at radius 1 is 1.22 bits per heavy atom. The van der Waals surface area contributed by atoms with Crippen LogP contribution < -0.4 is 4.74 Å². The first-order chi connectivity index (χ1) is 12.6. The number of Topliss-reactive ketones (excluding diaryl/α,β-unsaturated/α-hetero) is 1. The van der Waals surface area contributed by atoms with E-state index in [-0.39, 0.29) is 22.6 Å². The highest BCUT2D eigenvalue weighted by atomic mass is 35.5. The first-order valence-corrected chi connectivity index (χ1v) is 7.98. The average molecular weight is 395 g/mol. The van der Waals surface area contributed by atoms with E-state index in [1.165, 1.54) is 29.3 Å².